The van der Waals surface area contributed by atoms with Crippen LogP contribution in [0.25, 0.3) is 33.4 Å². The zero-order valence-electron chi connectivity index (χ0n) is 17.3. The molecular formula is C23H25N7O. The summed E-state index contributed by atoms with van der Waals surface area (Å²) in [5.74, 6) is 1.37. The number of H-pyrrole nitrogens is 1. The van der Waals surface area contributed by atoms with Crippen LogP contribution in [0, 0.1) is 5.92 Å². The van der Waals surface area contributed by atoms with E-state index in [1.54, 1.807) is 12.4 Å². The molecule has 1 saturated carbocycles. The highest BCUT2D eigenvalue weighted by molar-refractivity contribution is 5.94. The summed E-state index contributed by atoms with van der Waals surface area (Å²) in [5, 5.41) is 8.89. The first kappa shape index (κ1) is 18.5. The number of aromatic nitrogens is 6. The number of ether oxygens (including phenoxy) is 1. The fraction of sp³-hybridized carbons (Fsp3) is 0.391. The van der Waals surface area contributed by atoms with Crippen molar-refractivity contribution in [3.8, 4) is 28.3 Å². The zero-order valence-corrected chi connectivity index (χ0v) is 17.3. The van der Waals surface area contributed by atoms with Crippen molar-refractivity contribution in [3.63, 3.8) is 0 Å². The molecule has 2 N–H and O–H groups in total. The van der Waals surface area contributed by atoms with Crippen LogP contribution in [0.15, 0.2) is 43.2 Å². The molecule has 1 aliphatic heterocycles. The first-order valence-electron chi connectivity index (χ1n) is 11.0. The molecule has 6 rings (SSSR count). The van der Waals surface area contributed by atoms with Crippen molar-refractivity contribution < 1.29 is 4.74 Å². The van der Waals surface area contributed by atoms with E-state index in [9.17, 15) is 0 Å². The highest BCUT2D eigenvalue weighted by atomic mass is 16.5. The van der Waals surface area contributed by atoms with E-state index in [0.29, 0.717) is 5.88 Å². The van der Waals surface area contributed by atoms with Gasteiger partial charge in [0.15, 0.2) is 0 Å². The van der Waals surface area contributed by atoms with Gasteiger partial charge >= 0.3 is 0 Å². The molecule has 4 aromatic rings. The van der Waals surface area contributed by atoms with Crippen LogP contribution in [0.3, 0.4) is 0 Å². The molecule has 1 saturated heterocycles. The molecule has 2 fully saturated rings. The van der Waals surface area contributed by atoms with Gasteiger partial charge in [0.2, 0.25) is 5.88 Å². The van der Waals surface area contributed by atoms with E-state index in [1.807, 2.05) is 23.3 Å². The van der Waals surface area contributed by atoms with Crippen LogP contribution in [-0.4, -0.2) is 48.9 Å². The van der Waals surface area contributed by atoms with Gasteiger partial charge in [0.05, 0.1) is 24.3 Å². The van der Waals surface area contributed by atoms with Crippen molar-refractivity contribution in [3.05, 3.63) is 43.2 Å². The Morgan fingerprint density at radius 1 is 1.03 bits per heavy atom. The van der Waals surface area contributed by atoms with Gasteiger partial charge in [-0.1, -0.05) is 0 Å². The molecule has 8 heteroatoms. The molecule has 5 heterocycles. The summed E-state index contributed by atoms with van der Waals surface area (Å²) in [5.41, 5.74) is 4.70. The maximum Gasteiger partial charge on any atom is 0.233 e. The van der Waals surface area contributed by atoms with Gasteiger partial charge in [-0.2, -0.15) is 5.10 Å². The second-order valence-corrected chi connectivity index (χ2v) is 8.53. The van der Waals surface area contributed by atoms with Crippen molar-refractivity contribution in [2.24, 2.45) is 5.92 Å². The quantitative estimate of drug-likeness (QED) is 0.501. The van der Waals surface area contributed by atoms with E-state index >= 15 is 0 Å². The van der Waals surface area contributed by atoms with E-state index in [2.05, 4.69) is 37.6 Å². The van der Waals surface area contributed by atoms with Crippen molar-refractivity contribution in [2.75, 3.05) is 13.1 Å². The van der Waals surface area contributed by atoms with Crippen LogP contribution in [0.2, 0.25) is 0 Å². The van der Waals surface area contributed by atoms with Gasteiger partial charge in [-0.15, -0.1) is 0 Å². The van der Waals surface area contributed by atoms with Gasteiger partial charge in [0.1, 0.15) is 11.8 Å². The summed E-state index contributed by atoms with van der Waals surface area (Å²) in [6.45, 7) is 2.96. The van der Waals surface area contributed by atoms with E-state index in [0.717, 1.165) is 71.8 Å². The van der Waals surface area contributed by atoms with Crippen LogP contribution >= 0.6 is 0 Å². The van der Waals surface area contributed by atoms with Crippen LogP contribution in [0.1, 0.15) is 25.7 Å². The van der Waals surface area contributed by atoms with E-state index in [4.69, 9.17) is 9.72 Å². The summed E-state index contributed by atoms with van der Waals surface area (Å²) < 4.78 is 8.13. The SMILES string of the molecule is c1nc2[nH]cc(-c3cncc(OC4CCNCC4)n3)c2cc1-c1cnn(CC2CC2)c1. The second kappa shape index (κ2) is 7.77. The molecule has 0 unspecified atom stereocenters. The predicted octanol–water partition coefficient (Wildman–Crippen LogP) is 3.42. The van der Waals surface area contributed by atoms with Gasteiger partial charge in [0.25, 0.3) is 0 Å². The molecule has 0 radical (unpaired) electrons. The third-order valence-electron chi connectivity index (χ3n) is 6.10. The van der Waals surface area contributed by atoms with Gasteiger partial charge in [-0.3, -0.25) is 9.67 Å². The van der Waals surface area contributed by atoms with E-state index in [1.165, 1.54) is 12.8 Å². The Kier molecular flexibility index (Phi) is 4.64. The molecule has 1 aliphatic carbocycles. The Morgan fingerprint density at radius 3 is 2.81 bits per heavy atom. The van der Waals surface area contributed by atoms with Crippen molar-refractivity contribution in [1.29, 1.82) is 0 Å². The maximum absolute atomic E-state index is 6.09. The Morgan fingerprint density at radius 2 is 1.94 bits per heavy atom. The number of hydrogen-bond donors (Lipinski definition) is 2. The van der Waals surface area contributed by atoms with Gasteiger partial charge in [-0.05, 0) is 50.8 Å². The molecule has 0 bridgehead atoms. The number of nitrogens with one attached hydrogen (secondary N) is 2. The van der Waals surface area contributed by atoms with Gasteiger partial charge < -0.3 is 15.0 Å². The number of nitrogens with zero attached hydrogens (tertiary/aromatic N) is 5. The van der Waals surface area contributed by atoms with Crippen LogP contribution in [-0.2, 0) is 6.54 Å². The molecule has 2 aliphatic rings. The van der Waals surface area contributed by atoms with E-state index < -0.39 is 0 Å². The molecule has 0 spiro atoms. The number of piperidine rings is 1. The molecule has 4 aromatic heterocycles. The third-order valence-corrected chi connectivity index (χ3v) is 6.10. The minimum absolute atomic E-state index is 0.189. The smallest absolute Gasteiger partial charge is 0.233 e. The fourth-order valence-electron chi connectivity index (χ4n) is 4.17. The monoisotopic (exact) mass is 415 g/mol. The number of hydrogen-bond acceptors (Lipinski definition) is 6. The summed E-state index contributed by atoms with van der Waals surface area (Å²) in [6, 6.07) is 2.15. The Hall–Kier alpha value is -3.26. The predicted molar refractivity (Wildman–Crippen MR) is 118 cm³/mol. The molecule has 0 amide bonds. The largest absolute Gasteiger partial charge is 0.473 e. The number of aromatic amines is 1. The summed E-state index contributed by atoms with van der Waals surface area (Å²) in [4.78, 5) is 17.0. The Labute approximate surface area is 180 Å². The Balaban J connectivity index is 1.30. The van der Waals surface area contributed by atoms with Gasteiger partial charge in [0, 0.05) is 47.2 Å². The normalized spacial score (nSPS) is 17.3. The second-order valence-electron chi connectivity index (χ2n) is 8.53. The van der Waals surface area contributed by atoms with E-state index in [-0.39, 0.29) is 6.10 Å². The minimum atomic E-state index is 0.189. The first-order valence-corrected chi connectivity index (χ1v) is 11.0. The third kappa shape index (κ3) is 3.90. The molecule has 158 valence electrons. The molecule has 8 nitrogen and oxygen atoms in total. The fourth-order valence-corrected chi connectivity index (χ4v) is 4.17. The molecule has 0 aromatic carbocycles. The van der Waals surface area contributed by atoms with Crippen LogP contribution in [0.5, 0.6) is 5.88 Å². The number of pyridine rings is 1. The van der Waals surface area contributed by atoms with Crippen molar-refractivity contribution >= 4 is 11.0 Å². The van der Waals surface area contributed by atoms with Crippen molar-refractivity contribution in [1.82, 2.24) is 35.0 Å². The lowest BCUT2D eigenvalue weighted by Crippen LogP contribution is -2.34. The molecule has 31 heavy (non-hydrogen) atoms. The lowest BCUT2D eigenvalue weighted by molar-refractivity contribution is 0.155. The maximum atomic E-state index is 6.09. The standard InChI is InChI=1S/C23H25N7O/c1-2-15(1)13-30-14-17(9-28-30)16-7-19-20(10-27-23(19)26-8-16)21-11-25-12-22(29-21)31-18-3-5-24-6-4-18/h7-12,14-15,18,24H,1-6,13H2,(H,26,27). The summed E-state index contributed by atoms with van der Waals surface area (Å²) >= 11 is 0. The van der Waals surface area contributed by atoms with Crippen LogP contribution in [0.4, 0.5) is 0 Å². The summed E-state index contributed by atoms with van der Waals surface area (Å²) in [7, 11) is 0. The highest BCUT2D eigenvalue weighted by Crippen LogP contribution is 2.32. The lowest BCUT2D eigenvalue weighted by Gasteiger charge is -2.23. The number of fused-ring (bicyclic) bond motifs is 1. The first-order chi connectivity index (χ1) is 15.3. The summed E-state index contributed by atoms with van der Waals surface area (Å²) in [6.07, 6.45) is 16.1. The highest BCUT2D eigenvalue weighted by Gasteiger charge is 2.22. The zero-order chi connectivity index (χ0) is 20.6. The molecular weight excluding hydrogens is 390 g/mol. The van der Waals surface area contributed by atoms with Crippen molar-refractivity contribution in [2.45, 2.75) is 38.3 Å². The minimum Gasteiger partial charge on any atom is -0.473 e. The average Bonchev–Trinajstić information content (AvgIpc) is 3.32. The average molecular weight is 416 g/mol. The van der Waals surface area contributed by atoms with Gasteiger partial charge in [-0.25, -0.2) is 9.97 Å². The Bertz CT molecular complexity index is 1200. The number of rotatable bonds is 6. The molecule has 0 atom stereocenters. The topological polar surface area (TPSA) is 93.5 Å². The lowest BCUT2D eigenvalue weighted by atomic mass is 10.1. The van der Waals surface area contributed by atoms with Crippen LogP contribution < -0.4 is 10.1 Å².